The van der Waals surface area contributed by atoms with Crippen LogP contribution in [0.3, 0.4) is 0 Å². The zero-order valence-electron chi connectivity index (χ0n) is 16.1. The van der Waals surface area contributed by atoms with Crippen LogP contribution in [0.5, 0.6) is 5.75 Å². The number of hydrogen-bond donors (Lipinski definition) is 1. The molecular weight excluding hydrogens is 403 g/mol. The molecule has 7 heteroatoms. The minimum atomic E-state index is -3.30. The summed E-state index contributed by atoms with van der Waals surface area (Å²) in [7, 11) is -3.30. The molecule has 4 rings (SSSR count). The average Bonchev–Trinajstić information content (AvgIpc) is 3.23. The number of aromatic nitrogens is 2. The molecule has 0 radical (unpaired) electrons. The van der Waals surface area contributed by atoms with Gasteiger partial charge in [0.1, 0.15) is 11.6 Å². The molecule has 0 aliphatic heterocycles. The quantitative estimate of drug-likeness (QED) is 0.485. The highest BCUT2D eigenvalue weighted by Gasteiger charge is 2.21. The lowest BCUT2D eigenvalue weighted by molar-refractivity contribution is 0.238. The Hall–Kier alpha value is -3.45. The number of aromatic amines is 1. The largest absolute Gasteiger partial charge is 0.478 e. The lowest BCUT2D eigenvalue weighted by atomic mass is 10.1. The third-order valence-corrected chi connectivity index (χ3v) is 5.74. The number of hydrogen-bond acceptors (Lipinski definition) is 4. The molecule has 0 aliphatic carbocycles. The molecule has 5 nitrogen and oxygen atoms in total. The van der Waals surface area contributed by atoms with Crippen LogP contribution in [-0.4, -0.2) is 24.6 Å². The second kappa shape index (κ2) is 8.12. The van der Waals surface area contributed by atoms with Crippen molar-refractivity contribution in [2.24, 2.45) is 0 Å². The third kappa shape index (κ3) is 4.41. The molecule has 3 aromatic carbocycles. The maximum atomic E-state index is 13.2. The Labute approximate surface area is 174 Å². The maximum absolute atomic E-state index is 13.2. The van der Waals surface area contributed by atoms with Gasteiger partial charge in [0.05, 0.1) is 16.8 Å². The van der Waals surface area contributed by atoms with E-state index in [2.05, 4.69) is 9.97 Å². The first kappa shape index (κ1) is 19.8. The fraction of sp³-hybridized carbons (Fsp3) is 0.0870. The van der Waals surface area contributed by atoms with Gasteiger partial charge in [0.2, 0.25) is 0 Å². The van der Waals surface area contributed by atoms with Crippen LogP contribution in [-0.2, 0) is 9.84 Å². The number of nitrogens with zero attached hydrogens (tertiary/aromatic N) is 1. The van der Waals surface area contributed by atoms with Crippen LogP contribution >= 0.6 is 0 Å². The Morgan fingerprint density at radius 1 is 0.933 bits per heavy atom. The van der Waals surface area contributed by atoms with Gasteiger partial charge < -0.3 is 9.72 Å². The molecule has 0 saturated heterocycles. The number of H-pyrrole nitrogens is 1. The van der Waals surface area contributed by atoms with Crippen molar-refractivity contribution in [1.29, 1.82) is 0 Å². The van der Waals surface area contributed by atoms with Gasteiger partial charge in [-0.2, -0.15) is 0 Å². The summed E-state index contributed by atoms with van der Waals surface area (Å²) in [5.41, 5.74) is 2.26. The van der Waals surface area contributed by atoms with Crippen molar-refractivity contribution >= 4 is 9.84 Å². The topological polar surface area (TPSA) is 72.1 Å². The first-order valence-corrected chi connectivity index (χ1v) is 11.1. The molecule has 152 valence electrons. The van der Waals surface area contributed by atoms with Gasteiger partial charge in [-0.25, -0.2) is 17.8 Å². The van der Waals surface area contributed by atoms with E-state index in [-0.39, 0.29) is 10.7 Å². The number of ether oxygens (including phenoxy) is 1. The molecule has 30 heavy (non-hydrogen) atoms. The molecule has 1 atom stereocenters. The van der Waals surface area contributed by atoms with E-state index in [9.17, 15) is 12.8 Å². The Bertz CT molecular complexity index is 1240. The molecule has 1 heterocycles. The highest BCUT2D eigenvalue weighted by molar-refractivity contribution is 7.90. The predicted octanol–water partition coefficient (Wildman–Crippen LogP) is 4.79. The summed E-state index contributed by atoms with van der Waals surface area (Å²) in [5.74, 6) is 0.884. The fourth-order valence-corrected chi connectivity index (χ4v) is 3.68. The van der Waals surface area contributed by atoms with Crippen LogP contribution in [0.4, 0.5) is 4.39 Å². The van der Waals surface area contributed by atoms with E-state index in [1.54, 1.807) is 42.6 Å². The van der Waals surface area contributed by atoms with Crippen LogP contribution in [0.2, 0.25) is 0 Å². The maximum Gasteiger partial charge on any atom is 0.181 e. The molecule has 4 aromatic rings. The molecule has 0 fully saturated rings. The SMILES string of the molecule is CS(=O)(=O)c1ccc(C(Oc2ccccc2)c2ncc(-c3ccc(F)cc3)[nH]2)cc1. The first-order valence-electron chi connectivity index (χ1n) is 9.23. The van der Waals surface area contributed by atoms with Crippen LogP contribution in [0.25, 0.3) is 11.3 Å². The zero-order chi connectivity index (χ0) is 21.1. The number of rotatable bonds is 6. The van der Waals surface area contributed by atoms with Gasteiger partial charge in [-0.3, -0.25) is 0 Å². The third-order valence-electron chi connectivity index (χ3n) is 4.61. The highest BCUT2D eigenvalue weighted by atomic mass is 32.2. The van der Waals surface area contributed by atoms with E-state index >= 15 is 0 Å². The van der Waals surface area contributed by atoms with E-state index in [0.29, 0.717) is 11.6 Å². The number of benzene rings is 3. The van der Waals surface area contributed by atoms with Crippen molar-refractivity contribution in [2.75, 3.05) is 6.26 Å². The second-order valence-corrected chi connectivity index (χ2v) is 8.86. The van der Waals surface area contributed by atoms with E-state index in [4.69, 9.17) is 4.74 Å². The lowest BCUT2D eigenvalue weighted by Crippen LogP contribution is -2.11. The van der Waals surface area contributed by atoms with Gasteiger partial charge in [-0.1, -0.05) is 30.3 Å². The van der Waals surface area contributed by atoms with E-state index in [1.807, 2.05) is 30.3 Å². The smallest absolute Gasteiger partial charge is 0.181 e. The first-order chi connectivity index (χ1) is 14.4. The summed E-state index contributed by atoms with van der Waals surface area (Å²) in [6.45, 7) is 0. The summed E-state index contributed by atoms with van der Waals surface area (Å²) < 4.78 is 43.0. The summed E-state index contributed by atoms with van der Waals surface area (Å²) in [6.07, 6.45) is 2.24. The molecule has 0 spiro atoms. The Morgan fingerprint density at radius 2 is 1.60 bits per heavy atom. The van der Waals surface area contributed by atoms with Crippen molar-refractivity contribution in [3.8, 4) is 17.0 Å². The number of sulfone groups is 1. The van der Waals surface area contributed by atoms with Crippen molar-refractivity contribution < 1.29 is 17.5 Å². The number of imidazole rings is 1. The fourth-order valence-electron chi connectivity index (χ4n) is 3.05. The van der Waals surface area contributed by atoms with E-state index in [0.717, 1.165) is 16.8 Å². The lowest BCUT2D eigenvalue weighted by Gasteiger charge is -2.18. The molecule has 1 N–H and O–H groups in total. The molecule has 0 aliphatic rings. The van der Waals surface area contributed by atoms with Gasteiger partial charge in [0.15, 0.2) is 21.8 Å². The van der Waals surface area contributed by atoms with Gasteiger partial charge >= 0.3 is 0 Å². The summed E-state index contributed by atoms with van der Waals surface area (Å²) in [6, 6.07) is 21.9. The van der Waals surface area contributed by atoms with Crippen LogP contribution in [0, 0.1) is 5.82 Å². The van der Waals surface area contributed by atoms with Gasteiger partial charge in [-0.15, -0.1) is 0 Å². The van der Waals surface area contributed by atoms with E-state index in [1.165, 1.54) is 18.4 Å². The number of nitrogens with one attached hydrogen (secondary N) is 1. The van der Waals surface area contributed by atoms with Crippen LogP contribution in [0.15, 0.2) is 90.0 Å². The van der Waals surface area contributed by atoms with Gasteiger partial charge in [0, 0.05) is 11.8 Å². The average molecular weight is 422 g/mol. The number of para-hydroxylation sites is 1. The highest BCUT2D eigenvalue weighted by Crippen LogP contribution is 2.29. The molecule has 1 unspecified atom stereocenters. The summed E-state index contributed by atoms with van der Waals surface area (Å²) >= 11 is 0. The van der Waals surface area contributed by atoms with Gasteiger partial charge in [0.25, 0.3) is 0 Å². The van der Waals surface area contributed by atoms with Crippen molar-refractivity contribution in [2.45, 2.75) is 11.0 Å². The number of halogens is 1. The Balaban J connectivity index is 1.71. The normalized spacial score (nSPS) is 12.5. The Kier molecular flexibility index (Phi) is 5.37. The minimum absolute atomic E-state index is 0.233. The Morgan fingerprint density at radius 3 is 2.23 bits per heavy atom. The monoisotopic (exact) mass is 422 g/mol. The van der Waals surface area contributed by atoms with E-state index < -0.39 is 15.9 Å². The van der Waals surface area contributed by atoms with Crippen molar-refractivity contribution in [1.82, 2.24) is 9.97 Å². The standard InChI is InChI=1S/C23H19FN2O3S/c1-30(27,28)20-13-9-17(10-14-20)22(29-19-5-3-2-4-6-19)23-25-15-21(26-23)16-7-11-18(24)12-8-16/h2-15,22H,1H3,(H,25,26). The van der Waals surface area contributed by atoms with Gasteiger partial charge in [-0.05, 0) is 54.1 Å². The summed E-state index contributed by atoms with van der Waals surface area (Å²) in [4.78, 5) is 7.93. The van der Waals surface area contributed by atoms with Crippen LogP contribution < -0.4 is 4.74 Å². The van der Waals surface area contributed by atoms with Crippen molar-refractivity contribution in [3.63, 3.8) is 0 Å². The zero-order valence-corrected chi connectivity index (χ0v) is 16.9. The molecule has 0 saturated carbocycles. The minimum Gasteiger partial charge on any atom is -0.478 e. The predicted molar refractivity (Wildman–Crippen MR) is 112 cm³/mol. The molecular formula is C23H19FN2O3S. The summed E-state index contributed by atoms with van der Waals surface area (Å²) in [5, 5.41) is 0. The van der Waals surface area contributed by atoms with Crippen LogP contribution in [0.1, 0.15) is 17.5 Å². The molecule has 0 amide bonds. The molecule has 1 aromatic heterocycles. The van der Waals surface area contributed by atoms with Crippen molar-refractivity contribution in [3.05, 3.63) is 102 Å². The second-order valence-electron chi connectivity index (χ2n) is 6.84. The molecule has 0 bridgehead atoms.